The largest absolute Gasteiger partial charge is 0.378 e. The predicted octanol–water partition coefficient (Wildman–Crippen LogP) is 0.826. The van der Waals surface area contributed by atoms with Gasteiger partial charge in [-0.25, -0.2) is 4.98 Å². The molecule has 2 aliphatic heterocycles. The van der Waals surface area contributed by atoms with Crippen molar-refractivity contribution in [1.82, 2.24) is 14.5 Å². The zero-order valence-electron chi connectivity index (χ0n) is 19.2. The topological polar surface area (TPSA) is 145 Å². The molecule has 0 spiro atoms. The minimum atomic E-state index is -0.634. The van der Waals surface area contributed by atoms with Crippen LogP contribution in [0.25, 0.3) is 0 Å². The molecule has 5 N–H and O–H groups in total. The predicted molar refractivity (Wildman–Crippen MR) is 127 cm³/mol. The molecular formula is C22H32N8O3. The summed E-state index contributed by atoms with van der Waals surface area (Å²) in [6.07, 6.45) is 5.09. The molecule has 0 aromatic carbocycles. The third-order valence-corrected chi connectivity index (χ3v) is 5.98. The third kappa shape index (κ3) is 5.09. The molecule has 4 heterocycles. The standard InChI is InChI=1S/C22H32N8O3/c1-14(2)30-13-16(10-18(21(30)32)28-6-8-33-9-7-28)26-20-17(19(24)31)11-25-22(27-20)29-5-3-4-15(23)12-29/h10-11,13-15H,3-9,12,23H2,1-2H3,(H2,24,31)(H,25,26,27). The van der Waals surface area contributed by atoms with E-state index in [1.54, 1.807) is 16.8 Å². The summed E-state index contributed by atoms with van der Waals surface area (Å²) < 4.78 is 7.11. The van der Waals surface area contributed by atoms with Crippen molar-refractivity contribution >= 4 is 29.0 Å². The molecule has 4 rings (SSSR count). The van der Waals surface area contributed by atoms with Gasteiger partial charge >= 0.3 is 0 Å². The van der Waals surface area contributed by atoms with Crippen LogP contribution in [0.3, 0.4) is 0 Å². The molecule has 2 aromatic rings. The fraction of sp³-hybridized carbons (Fsp3) is 0.545. The number of piperidine rings is 1. The number of nitrogens with zero attached hydrogens (tertiary/aromatic N) is 5. The van der Waals surface area contributed by atoms with E-state index in [-0.39, 0.29) is 23.2 Å². The Morgan fingerprint density at radius 3 is 2.67 bits per heavy atom. The number of aromatic nitrogens is 3. The molecule has 11 nitrogen and oxygen atoms in total. The number of primary amides is 1. The smallest absolute Gasteiger partial charge is 0.274 e. The van der Waals surface area contributed by atoms with Crippen molar-refractivity contribution in [2.24, 2.45) is 11.5 Å². The number of carbonyl (C=O) groups is 1. The Labute approximate surface area is 192 Å². The van der Waals surface area contributed by atoms with Crippen molar-refractivity contribution < 1.29 is 9.53 Å². The zero-order chi connectivity index (χ0) is 23.5. The Morgan fingerprint density at radius 1 is 1.24 bits per heavy atom. The molecule has 2 saturated heterocycles. The van der Waals surface area contributed by atoms with Gasteiger partial charge in [0.2, 0.25) is 5.95 Å². The fourth-order valence-electron chi connectivity index (χ4n) is 4.20. The van der Waals surface area contributed by atoms with Crippen molar-refractivity contribution in [3.05, 3.63) is 34.4 Å². The van der Waals surface area contributed by atoms with Crippen LogP contribution in [0.1, 0.15) is 43.1 Å². The van der Waals surface area contributed by atoms with Gasteiger partial charge in [-0.2, -0.15) is 4.98 Å². The summed E-state index contributed by atoms with van der Waals surface area (Å²) in [7, 11) is 0. The van der Waals surface area contributed by atoms with Crippen LogP contribution in [0.15, 0.2) is 23.3 Å². The second-order valence-electron chi connectivity index (χ2n) is 8.79. The Bertz CT molecular complexity index is 1060. The van der Waals surface area contributed by atoms with E-state index in [1.807, 2.05) is 23.6 Å². The first-order chi connectivity index (χ1) is 15.8. The Kier molecular flexibility index (Phi) is 6.80. The van der Waals surface area contributed by atoms with E-state index >= 15 is 0 Å². The van der Waals surface area contributed by atoms with Crippen molar-refractivity contribution in [2.45, 2.75) is 38.8 Å². The molecule has 0 radical (unpaired) electrons. The number of nitrogens with two attached hydrogens (primary N) is 2. The molecule has 0 aliphatic carbocycles. The van der Waals surface area contributed by atoms with Crippen LogP contribution in [0.2, 0.25) is 0 Å². The van der Waals surface area contributed by atoms with Crippen LogP contribution in [0.5, 0.6) is 0 Å². The van der Waals surface area contributed by atoms with Gasteiger partial charge in [-0.15, -0.1) is 0 Å². The SMILES string of the molecule is CC(C)n1cc(Nc2nc(N3CCCC(N)C3)ncc2C(N)=O)cc(N2CCOCC2)c1=O. The molecule has 1 atom stereocenters. The number of pyridine rings is 1. The van der Waals surface area contributed by atoms with E-state index in [0.717, 1.165) is 19.4 Å². The number of ether oxygens (including phenoxy) is 1. The zero-order valence-corrected chi connectivity index (χ0v) is 19.2. The summed E-state index contributed by atoms with van der Waals surface area (Å²) >= 11 is 0. The van der Waals surface area contributed by atoms with Gasteiger partial charge in [-0.05, 0) is 32.8 Å². The van der Waals surface area contributed by atoms with E-state index in [2.05, 4.69) is 15.3 Å². The first kappa shape index (κ1) is 23.0. The molecule has 2 aliphatic rings. The first-order valence-corrected chi connectivity index (χ1v) is 11.4. The van der Waals surface area contributed by atoms with E-state index in [0.29, 0.717) is 56.0 Å². The summed E-state index contributed by atoms with van der Waals surface area (Å²) in [5.41, 5.74) is 13.0. The minimum Gasteiger partial charge on any atom is -0.378 e. The van der Waals surface area contributed by atoms with Crippen LogP contribution < -0.4 is 32.1 Å². The minimum absolute atomic E-state index is 0.0505. The quantitative estimate of drug-likeness (QED) is 0.575. The lowest BCUT2D eigenvalue weighted by Gasteiger charge is -2.31. The van der Waals surface area contributed by atoms with E-state index in [1.165, 1.54) is 6.20 Å². The van der Waals surface area contributed by atoms with E-state index in [9.17, 15) is 9.59 Å². The second-order valence-corrected chi connectivity index (χ2v) is 8.79. The maximum absolute atomic E-state index is 13.1. The normalized spacial score (nSPS) is 19.1. The van der Waals surface area contributed by atoms with Gasteiger partial charge in [0, 0.05) is 50.7 Å². The maximum Gasteiger partial charge on any atom is 0.274 e. The molecule has 1 unspecified atom stereocenters. The number of anilines is 4. The van der Waals surface area contributed by atoms with Crippen LogP contribution >= 0.6 is 0 Å². The molecule has 1 amide bonds. The van der Waals surface area contributed by atoms with Crippen LogP contribution in [0.4, 0.5) is 23.1 Å². The average molecular weight is 457 g/mol. The summed E-state index contributed by atoms with van der Waals surface area (Å²) in [6.45, 7) is 7.75. The van der Waals surface area contributed by atoms with E-state index < -0.39 is 5.91 Å². The maximum atomic E-state index is 13.1. The number of nitrogens with one attached hydrogen (secondary N) is 1. The average Bonchev–Trinajstić information content (AvgIpc) is 2.80. The lowest BCUT2D eigenvalue weighted by atomic mass is 10.1. The number of rotatable bonds is 6. The van der Waals surface area contributed by atoms with Gasteiger partial charge in [0.15, 0.2) is 0 Å². The lowest BCUT2D eigenvalue weighted by molar-refractivity contribution is 0.100. The highest BCUT2D eigenvalue weighted by molar-refractivity contribution is 5.98. The van der Waals surface area contributed by atoms with Crippen molar-refractivity contribution in [1.29, 1.82) is 0 Å². The first-order valence-electron chi connectivity index (χ1n) is 11.4. The highest BCUT2D eigenvalue weighted by Crippen LogP contribution is 2.25. The Morgan fingerprint density at radius 2 is 2.00 bits per heavy atom. The van der Waals surface area contributed by atoms with Gasteiger partial charge in [0.1, 0.15) is 17.1 Å². The lowest BCUT2D eigenvalue weighted by Crippen LogP contribution is -2.43. The Balaban J connectivity index is 1.72. The van der Waals surface area contributed by atoms with Crippen LogP contribution in [-0.2, 0) is 4.74 Å². The van der Waals surface area contributed by atoms with Crippen LogP contribution in [-0.4, -0.2) is 65.9 Å². The van der Waals surface area contributed by atoms with Crippen molar-refractivity contribution in [3.8, 4) is 0 Å². The number of hydrogen-bond acceptors (Lipinski definition) is 9. The van der Waals surface area contributed by atoms with Crippen molar-refractivity contribution in [2.75, 3.05) is 54.5 Å². The van der Waals surface area contributed by atoms with Gasteiger partial charge in [-0.3, -0.25) is 9.59 Å². The number of morpholine rings is 1. The van der Waals surface area contributed by atoms with Crippen LogP contribution in [0, 0.1) is 0 Å². The molecule has 33 heavy (non-hydrogen) atoms. The fourth-order valence-corrected chi connectivity index (χ4v) is 4.20. The van der Waals surface area contributed by atoms with Crippen molar-refractivity contribution in [3.63, 3.8) is 0 Å². The number of hydrogen-bond donors (Lipinski definition) is 3. The van der Waals surface area contributed by atoms with Gasteiger partial charge in [-0.1, -0.05) is 0 Å². The molecule has 11 heteroatoms. The van der Waals surface area contributed by atoms with E-state index in [4.69, 9.17) is 16.2 Å². The summed E-state index contributed by atoms with van der Waals surface area (Å²) in [4.78, 5) is 38.2. The summed E-state index contributed by atoms with van der Waals surface area (Å²) in [5.74, 6) is 0.154. The number of carbonyl (C=O) groups excluding carboxylic acids is 1. The number of amides is 1. The molecular weight excluding hydrogens is 424 g/mol. The highest BCUT2D eigenvalue weighted by Gasteiger charge is 2.22. The highest BCUT2D eigenvalue weighted by atomic mass is 16.5. The summed E-state index contributed by atoms with van der Waals surface area (Å²) in [5, 5.41) is 3.22. The third-order valence-electron chi connectivity index (χ3n) is 5.98. The molecule has 0 bridgehead atoms. The van der Waals surface area contributed by atoms with Gasteiger partial charge in [0.25, 0.3) is 11.5 Å². The van der Waals surface area contributed by atoms with Gasteiger partial charge in [0.05, 0.1) is 18.9 Å². The monoisotopic (exact) mass is 456 g/mol. The second kappa shape index (κ2) is 9.75. The molecule has 2 fully saturated rings. The molecule has 2 aromatic heterocycles. The summed E-state index contributed by atoms with van der Waals surface area (Å²) in [6, 6.07) is 1.79. The van der Waals surface area contributed by atoms with Gasteiger partial charge < -0.3 is 35.9 Å². The molecule has 178 valence electrons. The molecule has 0 saturated carbocycles. The Hall–Kier alpha value is -3.18.